The summed E-state index contributed by atoms with van der Waals surface area (Å²) in [6.45, 7) is 7.91. The smallest absolute Gasteiger partial charge is 0.237 e. The molecule has 96 valence electrons. The van der Waals surface area contributed by atoms with Crippen LogP contribution in [0, 0.1) is 0 Å². The lowest BCUT2D eigenvalue weighted by Crippen LogP contribution is -2.47. The second kappa shape index (κ2) is 5.83. The van der Waals surface area contributed by atoms with Crippen LogP contribution in [0.1, 0.15) is 18.1 Å². The maximum absolute atomic E-state index is 11.9. The third kappa shape index (κ3) is 2.79. The van der Waals surface area contributed by atoms with Crippen molar-refractivity contribution in [2.45, 2.75) is 25.9 Å². The van der Waals surface area contributed by atoms with Gasteiger partial charge in [0.25, 0.3) is 0 Å². The molecule has 0 radical (unpaired) electrons. The highest BCUT2D eigenvalue weighted by atomic mass is 16.2. The summed E-state index contributed by atoms with van der Waals surface area (Å²) in [5.74, 6) is 0.0780. The average Bonchev–Trinajstić information content (AvgIpc) is 2.43. The summed E-state index contributed by atoms with van der Waals surface area (Å²) >= 11 is 0. The number of carbonyl (C=O) groups is 1. The third-order valence-corrected chi connectivity index (χ3v) is 3.51. The minimum Gasteiger partial charge on any atom is -0.351 e. The van der Waals surface area contributed by atoms with Crippen LogP contribution in [-0.2, 0) is 17.8 Å². The molecule has 2 rings (SSSR count). The molecule has 3 heteroatoms. The van der Waals surface area contributed by atoms with Gasteiger partial charge in [-0.2, -0.15) is 0 Å². The van der Waals surface area contributed by atoms with Gasteiger partial charge < -0.3 is 5.32 Å². The summed E-state index contributed by atoms with van der Waals surface area (Å²) < 4.78 is 0. The molecular formula is C15H20N2O. The fraction of sp³-hybridized carbons (Fsp3) is 0.400. The van der Waals surface area contributed by atoms with E-state index in [9.17, 15) is 4.79 Å². The summed E-state index contributed by atoms with van der Waals surface area (Å²) in [5.41, 5.74) is 2.75. The summed E-state index contributed by atoms with van der Waals surface area (Å²) in [6, 6.07) is 8.38. The zero-order chi connectivity index (χ0) is 13.0. The van der Waals surface area contributed by atoms with E-state index in [0.29, 0.717) is 6.54 Å². The monoisotopic (exact) mass is 244 g/mol. The van der Waals surface area contributed by atoms with Crippen LogP contribution in [0.15, 0.2) is 36.9 Å². The van der Waals surface area contributed by atoms with E-state index in [1.54, 1.807) is 6.08 Å². The van der Waals surface area contributed by atoms with E-state index in [-0.39, 0.29) is 11.9 Å². The van der Waals surface area contributed by atoms with E-state index >= 15 is 0 Å². The van der Waals surface area contributed by atoms with Crippen molar-refractivity contribution in [1.29, 1.82) is 0 Å². The first-order valence-electron chi connectivity index (χ1n) is 6.42. The van der Waals surface area contributed by atoms with Crippen LogP contribution in [-0.4, -0.2) is 29.9 Å². The Morgan fingerprint density at radius 2 is 2.22 bits per heavy atom. The summed E-state index contributed by atoms with van der Waals surface area (Å²) in [4.78, 5) is 14.1. The minimum atomic E-state index is -0.0849. The van der Waals surface area contributed by atoms with Gasteiger partial charge in [0.15, 0.2) is 0 Å². The highest BCUT2D eigenvalue weighted by molar-refractivity contribution is 5.81. The Kier molecular flexibility index (Phi) is 4.15. The van der Waals surface area contributed by atoms with Crippen LogP contribution in [0.2, 0.25) is 0 Å². The predicted molar refractivity (Wildman–Crippen MR) is 73.2 cm³/mol. The first-order chi connectivity index (χ1) is 8.72. The summed E-state index contributed by atoms with van der Waals surface area (Å²) in [7, 11) is 0. The number of benzene rings is 1. The zero-order valence-electron chi connectivity index (χ0n) is 10.9. The molecule has 1 N–H and O–H groups in total. The third-order valence-electron chi connectivity index (χ3n) is 3.51. The molecule has 0 saturated heterocycles. The molecule has 0 fully saturated rings. The lowest BCUT2D eigenvalue weighted by atomic mass is 9.99. The van der Waals surface area contributed by atoms with Crippen LogP contribution in [0.25, 0.3) is 0 Å². The molecule has 1 heterocycles. The van der Waals surface area contributed by atoms with Crippen LogP contribution in [0.4, 0.5) is 0 Å². The lowest BCUT2D eigenvalue weighted by Gasteiger charge is -2.32. The topological polar surface area (TPSA) is 32.3 Å². The minimum absolute atomic E-state index is 0.0780. The van der Waals surface area contributed by atoms with Crippen LogP contribution >= 0.6 is 0 Å². The van der Waals surface area contributed by atoms with Gasteiger partial charge in [0, 0.05) is 19.6 Å². The Morgan fingerprint density at radius 3 is 2.94 bits per heavy atom. The molecule has 0 saturated carbocycles. The van der Waals surface area contributed by atoms with Crippen molar-refractivity contribution in [3.05, 3.63) is 48.0 Å². The molecule has 18 heavy (non-hydrogen) atoms. The molecule has 0 bridgehead atoms. The van der Waals surface area contributed by atoms with Crippen molar-refractivity contribution in [3.63, 3.8) is 0 Å². The van der Waals surface area contributed by atoms with Gasteiger partial charge in [-0.05, 0) is 24.5 Å². The second-order valence-electron chi connectivity index (χ2n) is 4.70. The number of fused-ring (bicyclic) bond motifs is 1. The van der Waals surface area contributed by atoms with E-state index in [2.05, 4.69) is 41.1 Å². The molecule has 1 aromatic rings. The van der Waals surface area contributed by atoms with Gasteiger partial charge in [-0.25, -0.2) is 0 Å². The zero-order valence-corrected chi connectivity index (χ0v) is 10.9. The number of carbonyl (C=O) groups excluding carboxylic acids is 1. The normalized spacial score (nSPS) is 16.7. The molecule has 0 unspecified atom stereocenters. The van der Waals surface area contributed by atoms with Crippen molar-refractivity contribution in [2.75, 3.05) is 13.1 Å². The predicted octanol–water partition coefficient (Wildman–Crippen LogP) is 1.74. The number of hydrogen-bond acceptors (Lipinski definition) is 2. The molecule has 1 atom stereocenters. The standard InChI is InChI=1S/C15H20N2O/c1-3-9-16-15(18)12(2)17-10-8-13-6-4-5-7-14(13)11-17/h3-7,12H,1,8-11H2,2H3,(H,16,18)/t12-/m1/s1. The number of hydrogen-bond donors (Lipinski definition) is 1. The van der Waals surface area contributed by atoms with Gasteiger partial charge in [0.2, 0.25) is 5.91 Å². The molecular weight excluding hydrogens is 224 g/mol. The van der Waals surface area contributed by atoms with Crippen LogP contribution in [0.5, 0.6) is 0 Å². The quantitative estimate of drug-likeness (QED) is 0.818. The van der Waals surface area contributed by atoms with E-state index < -0.39 is 0 Å². The van der Waals surface area contributed by atoms with Gasteiger partial charge in [0.05, 0.1) is 6.04 Å². The lowest BCUT2D eigenvalue weighted by molar-refractivity contribution is -0.126. The molecule has 0 spiro atoms. The van der Waals surface area contributed by atoms with E-state index in [0.717, 1.165) is 19.5 Å². The maximum Gasteiger partial charge on any atom is 0.237 e. The Bertz CT molecular complexity index is 442. The molecule has 1 aromatic carbocycles. The highest BCUT2D eigenvalue weighted by Gasteiger charge is 2.24. The number of nitrogens with zero attached hydrogens (tertiary/aromatic N) is 1. The molecule has 0 aromatic heterocycles. The SMILES string of the molecule is C=CCNC(=O)[C@@H](C)N1CCc2ccccc2C1. The molecule has 0 aliphatic carbocycles. The van der Waals surface area contributed by atoms with Gasteiger partial charge in [-0.3, -0.25) is 9.69 Å². The van der Waals surface area contributed by atoms with Crippen LogP contribution in [0.3, 0.4) is 0 Å². The van der Waals surface area contributed by atoms with E-state index in [4.69, 9.17) is 0 Å². The molecule has 1 amide bonds. The van der Waals surface area contributed by atoms with Crippen molar-refractivity contribution in [2.24, 2.45) is 0 Å². The number of amides is 1. The number of nitrogens with one attached hydrogen (secondary N) is 1. The van der Waals surface area contributed by atoms with Crippen LogP contribution < -0.4 is 5.32 Å². The molecule has 3 nitrogen and oxygen atoms in total. The van der Waals surface area contributed by atoms with Crippen molar-refractivity contribution in [3.8, 4) is 0 Å². The van der Waals surface area contributed by atoms with Gasteiger partial charge in [0.1, 0.15) is 0 Å². The van der Waals surface area contributed by atoms with Crippen molar-refractivity contribution in [1.82, 2.24) is 10.2 Å². The average molecular weight is 244 g/mol. The largest absolute Gasteiger partial charge is 0.351 e. The second-order valence-corrected chi connectivity index (χ2v) is 4.70. The van der Waals surface area contributed by atoms with Gasteiger partial charge in [-0.15, -0.1) is 6.58 Å². The van der Waals surface area contributed by atoms with E-state index in [1.807, 2.05) is 6.92 Å². The first kappa shape index (κ1) is 12.8. The molecule has 1 aliphatic rings. The van der Waals surface area contributed by atoms with Gasteiger partial charge in [-0.1, -0.05) is 30.3 Å². The highest BCUT2D eigenvalue weighted by Crippen LogP contribution is 2.20. The Labute approximate surface area is 108 Å². The molecule has 1 aliphatic heterocycles. The number of rotatable bonds is 4. The summed E-state index contributed by atoms with van der Waals surface area (Å²) in [6.07, 6.45) is 2.73. The maximum atomic E-state index is 11.9. The van der Waals surface area contributed by atoms with Crippen molar-refractivity contribution < 1.29 is 4.79 Å². The fourth-order valence-electron chi connectivity index (χ4n) is 2.33. The fourth-order valence-corrected chi connectivity index (χ4v) is 2.33. The Morgan fingerprint density at radius 1 is 1.50 bits per heavy atom. The Hall–Kier alpha value is -1.61. The summed E-state index contributed by atoms with van der Waals surface area (Å²) in [5, 5.41) is 2.85. The van der Waals surface area contributed by atoms with E-state index in [1.165, 1.54) is 11.1 Å². The van der Waals surface area contributed by atoms with Gasteiger partial charge >= 0.3 is 0 Å². The first-order valence-corrected chi connectivity index (χ1v) is 6.42. The van der Waals surface area contributed by atoms with Crippen molar-refractivity contribution >= 4 is 5.91 Å². The Balaban J connectivity index is 2.00.